The van der Waals surface area contributed by atoms with Crippen LogP contribution in [0.2, 0.25) is 0 Å². The molecule has 2 heterocycles. The molecule has 0 atom stereocenters. The highest BCUT2D eigenvalue weighted by atomic mass is 16.5. The third-order valence-corrected chi connectivity index (χ3v) is 3.20. The molecule has 7 heteroatoms. The SMILES string of the molecule is OCCOc1ccc(-c2nc3ccncc3[nH]2)c(OCCO)c1. The normalized spacial score (nSPS) is 10.9. The molecule has 2 aromatic heterocycles. The van der Waals surface area contributed by atoms with Gasteiger partial charge in [-0.25, -0.2) is 4.98 Å². The summed E-state index contributed by atoms with van der Waals surface area (Å²) in [6.45, 7) is 0.212. The van der Waals surface area contributed by atoms with Gasteiger partial charge in [0.05, 0.1) is 36.0 Å². The van der Waals surface area contributed by atoms with Crippen LogP contribution in [0, 0.1) is 0 Å². The van der Waals surface area contributed by atoms with E-state index in [2.05, 4.69) is 15.0 Å². The number of nitrogens with one attached hydrogen (secondary N) is 1. The van der Waals surface area contributed by atoms with Crippen molar-refractivity contribution in [3.05, 3.63) is 36.7 Å². The van der Waals surface area contributed by atoms with Crippen molar-refractivity contribution >= 4 is 11.0 Å². The summed E-state index contributed by atoms with van der Waals surface area (Å²) >= 11 is 0. The van der Waals surface area contributed by atoms with Gasteiger partial charge in [-0.2, -0.15) is 0 Å². The molecule has 0 saturated carbocycles. The number of aliphatic hydroxyl groups is 2. The first-order valence-electron chi connectivity index (χ1n) is 7.23. The fourth-order valence-corrected chi connectivity index (χ4v) is 2.21. The summed E-state index contributed by atoms with van der Waals surface area (Å²) in [6.07, 6.45) is 3.39. The Morgan fingerprint density at radius 1 is 1.04 bits per heavy atom. The molecule has 0 spiro atoms. The van der Waals surface area contributed by atoms with Crippen LogP contribution in [0.1, 0.15) is 0 Å². The molecule has 7 nitrogen and oxygen atoms in total. The number of hydrogen-bond acceptors (Lipinski definition) is 6. The molecular weight excluding hydrogens is 298 g/mol. The van der Waals surface area contributed by atoms with Crippen LogP contribution in [0.15, 0.2) is 36.7 Å². The van der Waals surface area contributed by atoms with Crippen LogP contribution in [0.4, 0.5) is 0 Å². The Bertz CT molecular complexity index is 755. The molecule has 3 aromatic rings. The summed E-state index contributed by atoms with van der Waals surface area (Å²) in [7, 11) is 0. The van der Waals surface area contributed by atoms with E-state index in [0.29, 0.717) is 17.3 Å². The maximum atomic E-state index is 8.99. The molecule has 0 saturated heterocycles. The molecular formula is C16H17N3O4. The van der Waals surface area contributed by atoms with Crippen LogP contribution in [0.5, 0.6) is 11.5 Å². The fraction of sp³-hybridized carbons (Fsp3) is 0.250. The first-order chi connectivity index (χ1) is 11.3. The Labute approximate surface area is 132 Å². The van der Waals surface area contributed by atoms with Crippen LogP contribution in [-0.4, -0.2) is 51.6 Å². The number of H-pyrrole nitrogens is 1. The van der Waals surface area contributed by atoms with Crippen molar-refractivity contribution in [1.29, 1.82) is 0 Å². The lowest BCUT2D eigenvalue weighted by Gasteiger charge is -2.12. The first kappa shape index (κ1) is 15.3. The first-order valence-corrected chi connectivity index (χ1v) is 7.23. The largest absolute Gasteiger partial charge is 0.491 e. The molecule has 0 bridgehead atoms. The van der Waals surface area contributed by atoms with Crippen molar-refractivity contribution in [3.63, 3.8) is 0 Å². The number of rotatable bonds is 7. The van der Waals surface area contributed by atoms with Crippen molar-refractivity contribution in [2.24, 2.45) is 0 Å². The number of fused-ring (bicyclic) bond motifs is 1. The Morgan fingerprint density at radius 2 is 1.87 bits per heavy atom. The predicted molar refractivity (Wildman–Crippen MR) is 84.5 cm³/mol. The van der Waals surface area contributed by atoms with Gasteiger partial charge >= 0.3 is 0 Å². The summed E-state index contributed by atoms with van der Waals surface area (Å²) in [6, 6.07) is 7.14. The maximum Gasteiger partial charge on any atom is 0.142 e. The average molecular weight is 315 g/mol. The summed E-state index contributed by atoms with van der Waals surface area (Å²) in [5.74, 6) is 1.77. The van der Waals surface area contributed by atoms with Crippen LogP contribution in [0.3, 0.4) is 0 Å². The zero-order chi connectivity index (χ0) is 16.1. The lowest BCUT2D eigenvalue weighted by Crippen LogP contribution is -2.05. The lowest BCUT2D eigenvalue weighted by molar-refractivity contribution is 0.195. The molecule has 120 valence electrons. The highest BCUT2D eigenvalue weighted by Gasteiger charge is 2.12. The van der Waals surface area contributed by atoms with Gasteiger partial charge in [-0.3, -0.25) is 4.98 Å². The number of ether oxygens (including phenoxy) is 2. The third-order valence-electron chi connectivity index (χ3n) is 3.20. The molecule has 0 amide bonds. The maximum absolute atomic E-state index is 8.99. The van der Waals surface area contributed by atoms with Gasteiger partial charge in [0.2, 0.25) is 0 Å². The number of nitrogens with zero attached hydrogens (tertiary/aromatic N) is 2. The van der Waals surface area contributed by atoms with E-state index < -0.39 is 0 Å². The summed E-state index contributed by atoms with van der Waals surface area (Å²) in [5.41, 5.74) is 2.39. The van der Waals surface area contributed by atoms with Crippen molar-refractivity contribution in [2.75, 3.05) is 26.4 Å². The van der Waals surface area contributed by atoms with Gasteiger partial charge in [0, 0.05) is 12.3 Å². The van der Waals surface area contributed by atoms with E-state index in [4.69, 9.17) is 19.7 Å². The third kappa shape index (κ3) is 3.41. The van der Waals surface area contributed by atoms with E-state index in [1.54, 1.807) is 24.5 Å². The molecule has 0 aliphatic carbocycles. The van der Waals surface area contributed by atoms with Gasteiger partial charge in [-0.05, 0) is 18.2 Å². The van der Waals surface area contributed by atoms with E-state index >= 15 is 0 Å². The second kappa shape index (κ2) is 7.08. The number of imidazole rings is 1. The molecule has 23 heavy (non-hydrogen) atoms. The van der Waals surface area contributed by atoms with Crippen LogP contribution in [0.25, 0.3) is 22.4 Å². The minimum absolute atomic E-state index is 0.0643. The second-order valence-corrected chi connectivity index (χ2v) is 4.78. The number of aliphatic hydroxyl groups excluding tert-OH is 2. The van der Waals surface area contributed by atoms with Crippen molar-refractivity contribution in [1.82, 2.24) is 15.0 Å². The van der Waals surface area contributed by atoms with Gasteiger partial charge in [-0.15, -0.1) is 0 Å². The monoisotopic (exact) mass is 315 g/mol. The molecule has 0 fully saturated rings. The van der Waals surface area contributed by atoms with Crippen LogP contribution >= 0.6 is 0 Å². The number of hydrogen-bond donors (Lipinski definition) is 3. The quantitative estimate of drug-likeness (QED) is 0.609. The molecule has 3 rings (SSSR count). The summed E-state index contributed by atoms with van der Waals surface area (Å²) < 4.78 is 11.0. The smallest absolute Gasteiger partial charge is 0.142 e. The van der Waals surface area contributed by atoms with Crippen molar-refractivity contribution in [3.8, 4) is 22.9 Å². The Morgan fingerprint density at radius 3 is 2.65 bits per heavy atom. The van der Waals surface area contributed by atoms with Crippen molar-refractivity contribution in [2.45, 2.75) is 0 Å². The Kier molecular flexibility index (Phi) is 4.70. The summed E-state index contributed by atoms with van der Waals surface area (Å²) in [4.78, 5) is 11.8. The standard InChI is InChI=1S/C16H17N3O4/c20-5-7-22-11-1-2-12(15(9-11)23-8-6-21)16-18-13-3-4-17-10-14(13)19-16/h1-4,9-10,20-21H,5-8H2,(H,18,19). The highest BCUT2D eigenvalue weighted by molar-refractivity contribution is 5.80. The highest BCUT2D eigenvalue weighted by Crippen LogP contribution is 2.33. The number of pyridine rings is 1. The number of aromatic nitrogens is 3. The molecule has 3 N–H and O–H groups in total. The molecule has 0 unspecified atom stereocenters. The zero-order valence-corrected chi connectivity index (χ0v) is 12.4. The lowest BCUT2D eigenvalue weighted by atomic mass is 10.2. The van der Waals surface area contributed by atoms with E-state index in [9.17, 15) is 0 Å². The second-order valence-electron chi connectivity index (χ2n) is 4.78. The Hall–Kier alpha value is -2.64. The zero-order valence-electron chi connectivity index (χ0n) is 12.4. The van der Waals surface area contributed by atoms with Gasteiger partial charge < -0.3 is 24.7 Å². The van der Waals surface area contributed by atoms with Crippen LogP contribution in [-0.2, 0) is 0 Å². The van der Waals surface area contributed by atoms with Gasteiger partial charge in [0.25, 0.3) is 0 Å². The van der Waals surface area contributed by atoms with E-state index in [-0.39, 0.29) is 26.4 Å². The predicted octanol–water partition coefficient (Wildman–Crippen LogP) is 1.37. The van der Waals surface area contributed by atoms with Crippen molar-refractivity contribution < 1.29 is 19.7 Å². The van der Waals surface area contributed by atoms with E-state index in [1.165, 1.54) is 0 Å². The van der Waals surface area contributed by atoms with E-state index in [0.717, 1.165) is 16.6 Å². The fourth-order valence-electron chi connectivity index (χ4n) is 2.21. The molecule has 1 aromatic carbocycles. The number of benzene rings is 1. The topological polar surface area (TPSA) is 100 Å². The molecule has 0 radical (unpaired) electrons. The minimum Gasteiger partial charge on any atom is -0.491 e. The summed E-state index contributed by atoms with van der Waals surface area (Å²) in [5, 5.41) is 17.8. The van der Waals surface area contributed by atoms with Crippen LogP contribution < -0.4 is 9.47 Å². The molecule has 0 aliphatic heterocycles. The Balaban J connectivity index is 1.98. The average Bonchev–Trinajstić information content (AvgIpc) is 3.02. The van der Waals surface area contributed by atoms with Gasteiger partial charge in [-0.1, -0.05) is 0 Å². The van der Waals surface area contributed by atoms with E-state index in [1.807, 2.05) is 12.1 Å². The van der Waals surface area contributed by atoms with Gasteiger partial charge in [0.1, 0.15) is 30.5 Å². The minimum atomic E-state index is -0.0920. The van der Waals surface area contributed by atoms with Gasteiger partial charge in [0.15, 0.2) is 0 Å². The number of aromatic amines is 1. The molecule has 0 aliphatic rings.